The number of carboxylic acids is 1. The lowest BCUT2D eigenvalue weighted by Crippen LogP contribution is -2.60. The number of carbonyl (C=O) groups excluding carboxylic acids is 1. The van der Waals surface area contributed by atoms with Crippen molar-refractivity contribution in [1.82, 2.24) is 0 Å². The Hall–Kier alpha value is -1.26. The van der Waals surface area contributed by atoms with Crippen LogP contribution in [0.15, 0.2) is 0 Å². The predicted molar refractivity (Wildman–Crippen MR) is 87.2 cm³/mol. The fraction of sp³-hybridized carbons (Fsp3) is 0.882. The largest absolute Gasteiger partial charge is 0.481 e. The summed E-state index contributed by atoms with van der Waals surface area (Å²) in [6, 6.07) is 0. The van der Waals surface area contributed by atoms with Gasteiger partial charge in [-0.25, -0.2) is 0 Å². The number of aliphatic hydroxyl groups excluding tert-OH is 2. The minimum Gasteiger partial charge on any atom is -0.481 e. The number of unbranched alkanes of at least 4 members (excludes halogenated alkanes) is 3. The number of aliphatic carboxylic acids is 1. The molecule has 0 aromatic heterocycles. The zero-order valence-electron chi connectivity index (χ0n) is 14.9. The molecule has 6 unspecified atom stereocenters. The summed E-state index contributed by atoms with van der Waals surface area (Å²) in [5, 5.41) is 28.8. The van der Waals surface area contributed by atoms with E-state index in [0.29, 0.717) is 6.42 Å². The lowest BCUT2D eigenvalue weighted by atomic mass is 9.99. The Morgan fingerprint density at radius 2 is 1.81 bits per heavy atom. The third-order valence-electron chi connectivity index (χ3n) is 4.61. The van der Waals surface area contributed by atoms with E-state index in [0.717, 1.165) is 19.3 Å². The first-order valence-electron chi connectivity index (χ1n) is 9.07. The van der Waals surface area contributed by atoms with Crippen LogP contribution >= 0.6 is 0 Å². The summed E-state index contributed by atoms with van der Waals surface area (Å²) in [4.78, 5) is 23.2. The van der Waals surface area contributed by atoms with Crippen LogP contribution in [0.2, 0.25) is 0 Å². The van der Waals surface area contributed by atoms with Gasteiger partial charge >= 0.3 is 11.9 Å². The van der Waals surface area contributed by atoms with Crippen LogP contribution in [-0.4, -0.2) is 77.8 Å². The Bertz CT molecular complexity index is 469. The maximum Gasteiger partial charge on any atom is 0.311 e. The van der Waals surface area contributed by atoms with Crippen LogP contribution in [0, 0.1) is 5.92 Å². The number of fused-ring (bicyclic) bond motifs is 1. The minimum atomic E-state index is -1.22. The molecule has 0 saturated carbocycles. The second kappa shape index (κ2) is 10.2. The van der Waals surface area contributed by atoms with E-state index < -0.39 is 55.2 Å². The molecule has 26 heavy (non-hydrogen) atoms. The second-order valence-corrected chi connectivity index (χ2v) is 6.65. The van der Waals surface area contributed by atoms with E-state index in [1.807, 2.05) is 0 Å². The van der Waals surface area contributed by atoms with Crippen molar-refractivity contribution in [3.63, 3.8) is 0 Å². The molecule has 150 valence electrons. The van der Waals surface area contributed by atoms with Gasteiger partial charge in [-0.05, 0) is 6.42 Å². The summed E-state index contributed by atoms with van der Waals surface area (Å²) in [5.41, 5.74) is 0. The van der Waals surface area contributed by atoms with Gasteiger partial charge in [-0.3, -0.25) is 9.59 Å². The van der Waals surface area contributed by atoms with Gasteiger partial charge in [-0.15, -0.1) is 0 Å². The second-order valence-electron chi connectivity index (χ2n) is 6.65. The molecular weight excluding hydrogens is 348 g/mol. The Morgan fingerprint density at radius 1 is 1.12 bits per heavy atom. The van der Waals surface area contributed by atoms with Crippen molar-refractivity contribution >= 4 is 11.9 Å². The van der Waals surface area contributed by atoms with Crippen molar-refractivity contribution in [2.75, 3.05) is 19.8 Å². The number of carbonyl (C=O) groups is 2. The average Bonchev–Trinajstić information content (AvgIpc) is 2.85. The SMILES string of the molecule is CCCCCCC(=O)OC1OC(CO)C(O)C2OCC(C(=O)O)COC12. The molecule has 2 aliphatic rings. The van der Waals surface area contributed by atoms with Crippen molar-refractivity contribution in [2.45, 2.75) is 69.7 Å². The van der Waals surface area contributed by atoms with E-state index in [4.69, 9.17) is 24.1 Å². The minimum absolute atomic E-state index is 0.149. The first-order chi connectivity index (χ1) is 12.5. The van der Waals surface area contributed by atoms with Crippen molar-refractivity contribution in [3.05, 3.63) is 0 Å². The monoisotopic (exact) mass is 376 g/mol. The van der Waals surface area contributed by atoms with E-state index >= 15 is 0 Å². The first-order valence-corrected chi connectivity index (χ1v) is 9.07. The summed E-state index contributed by atoms with van der Waals surface area (Å²) in [5.74, 6) is -2.45. The van der Waals surface area contributed by atoms with Gasteiger partial charge in [-0.2, -0.15) is 0 Å². The fourth-order valence-electron chi connectivity index (χ4n) is 3.03. The summed E-state index contributed by atoms with van der Waals surface area (Å²) >= 11 is 0. The number of carboxylic acid groups (broad SMARTS) is 1. The molecule has 2 saturated heterocycles. The summed E-state index contributed by atoms with van der Waals surface area (Å²) in [6.07, 6.45) is -1.41. The normalized spacial score (nSPS) is 34.6. The Morgan fingerprint density at radius 3 is 2.42 bits per heavy atom. The molecule has 9 heteroatoms. The molecule has 2 rings (SSSR count). The van der Waals surface area contributed by atoms with Gasteiger partial charge in [0.05, 0.1) is 19.8 Å². The Kier molecular flexibility index (Phi) is 8.23. The Balaban J connectivity index is 2.01. The molecule has 9 nitrogen and oxygen atoms in total. The number of hydrogen-bond donors (Lipinski definition) is 3. The van der Waals surface area contributed by atoms with Gasteiger partial charge in [-0.1, -0.05) is 26.2 Å². The lowest BCUT2D eigenvalue weighted by Gasteiger charge is -2.42. The van der Waals surface area contributed by atoms with Gasteiger partial charge in [0.2, 0.25) is 6.29 Å². The molecule has 3 N–H and O–H groups in total. The Labute approximate surface area is 152 Å². The third kappa shape index (κ3) is 5.37. The number of esters is 1. The quantitative estimate of drug-likeness (QED) is 0.397. The molecule has 0 spiro atoms. The zero-order valence-corrected chi connectivity index (χ0v) is 14.9. The lowest BCUT2D eigenvalue weighted by molar-refractivity contribution is -0.301. The topological polar surface area (TPSA) is 132 Å². The molecule has 0 aliphatic carbocycles. The van der Waals surface area contributed by atoms with E-state index in [9.17, 15) is 19.8 Å². The molecule has 0 radical (unpaired) electrons. The summed E-state index contributed by atoms with van der Waals surface area (Å²) in [6.45, 7) is 1.27. The molecular formula is C17H28O9. The van der Waals surface area contributed by atoms with Crippen LogP contribution in [0.3, 0.4) is 0 Å². The summed E-state index contributed by atoms with van der Waals surface area (Å²) in [7, 11) is 0. The zero-order chi connectivity index (χ0) is 19.1. The smallest absolute Gasteiger partial charge is 0.311 e. The molecule has 0 bridgehead atoms. The molecule has 2 heterocycles. The van der Waals surface area contributed by atoms with Crippen molar-refractivity contribution in [2.24, 2.45) is 5.92 Å². The fourth-order valence-corrected chi connectivity index (χ4v) is 3.03. The molecule has 6 atom stereocenters. The van der Waals surface area contributed by atoms with Crippen molar-refractivity contribution in [3.8, 4) is 0 Å². The number of ether oxygens (including phenoxy) is 4. The third-order valence-corrected chi connectivity index (χ3v) is 4.61. The van der Waals surface area contributed by atoms with Crippen LogP contribution < -0.4 is 0 Å². The molecule has 0 amide bonds. The average molecular weight is 376 g/mol. The highest BCUT2D eigenvalue weighted by molar-refractivity contribution is 5.70. The first kappa shape index (κ1) is 21.0. The number of rotatable bonds is 8. The number of hydrogen-bond acceptors (Lipinski definition) is 8. The standard InChI is InChI=1S/C17H28O9/c1-2-3-4-5-6-12(19)26-17-15-14(13(20)11(7-18)25-17)23-8-10(9-24-15)16(21)22/h10-11,13-15,17-18,20H,2-9H2,1H3,(H,21,22). The highest BCUT2D eigenvalue weighted by atomic mass is 16.7. The van der Waals surface area contributed by atoms with E-state index in [1.165, 1.54) is 0 Å². The van der Waals surface area contributed by atoms with Crippen LogP contribution in [0.5, 0.6) is 0 Å². The predicted octanol–water partition coefficient (Wildman–Crippen LogP) is 0.0629. The molecule has 0 aromatic carbocycles. The number of aliphatic hydroxyl groups is 2. The van der Waals surface area contributed by atoms with Gasteiger partial charge < -0.3 is 34.3 Å². The highest BCUT2D eigenvalue weighted by Crippen LogP contribution is 2.30. The summed E-state index contributed by atoms with van der Waals surface area (Å²) < 4.78 is 21.9. The van der Waals surface area contributed by atoms with E-state index in [2.05, 4.69) is 6.92 Å². The maximum absolute atomic E-state index is 12.1. The van der Waals surface area contributed by atoms with Crippen molar-refractivity contribution < 1.29 is 43.9 Å². The van der Waals surface area contributed by atoms with Crippen LogP contribution in [-0.2, 0) is 28.5 Å². The molecule has 0 aromatic rings. The van der Waals surface area contributed by atoms with Crippen LogP contribution in [0.4, 0.5) is 0 Å². The van der Waals surface area contributed by atoms with Gasteiger partial charge in [0, 0.05) is 6.42 Å². The van der Waals surface area contributed by atoms with Crippen molar-refractivity contribution in [1.29, 1.82) is 0 Å². The van der Waals surface area contributed by atoms with E-state index in [-0.39, 0.29) is 19.6 Å². The maximum atomic E-state index is 12.1. The molecule has 2 aliphatic heterocycles. The molecule has 2 fully saturated rings. The van der Waals surface area contributed by atoms with Gasteiger partial charge in [0.1, 0.15) is 30.3 Å². The van der Waals surface area contributed by atoms with Gasteiger partial charge in [0.25, 0.3) is 0 Å². The van der Waals surface area contributed by atoms with Crippen LogP contribution in [0.1, 0.15) is 39.0 Å². The van der Waals surface area contributed by atoms with Gasteiger partial charge in [0.15, 0.2) is 0 Å². The van der Waals surface area contributed by atoms with E-state index in [1.54, 1.807) is 0 Å². The van der Waals surface area contributed by atoms with Crippen LogP contribution in [0.25, 0.3) is 0 Å². The highest BCUT2D eigenvalue weighted by Gasteiger charge is 2.50.